The number of likely N-dealkylation sites (N-methyl/N-ethyl adjacent to an activating group) is 1. The maximum Gasteiger partial charge on any atom is 0.209 e. The van der Waals surface area contributed by atoms with Gasteiger partial charge in [-0.3, -0.25) is 4.98 Å². The van der Waals surface area contributed by atoms with Crippen LogP contribution in [0.15, 0.2) is 59.9 Å². The lowest BCUT2D eigenvalue weighted by atomic mass is 10.1. The largest absolute Gasteiger partial charge is 0.354 e. The van der Waals surface area contributed by atoms with Crippen LogP contribution < -0.4 is 10.6 Å². The molecule has 27 heavy (non-hydrogen) atoms. The third-order valence-electron chi connectivity index (χ3n) is 4.36. The molecule has 0 aliphatic rings. The highest BCUT2D eigenvalue weighted by atomic mass is 15.2. The van der Waals surface area contributed by atoms with Crippen molar-refractivity contribution in [2.75, 3.05) is 20.6 Å². The van der Waals surface area contributed by atoms with E-state index in [2.05, 4.69) is 70.8 Å². The van der Waals surface area contributed by atoms with Gasteiger partial charge in [0, 0.05) is 31.0 Å². The van der Waals surface area contributed by atoms with E-state index < -0.39 is 0 Å². The van der Waals surface area contributed by atoms with E-state index in [1.807, 2.05) is 30.6 Å². The summed E-state index contributed by atoms with van der Waals surface area (Å²) < 4.78 is 0. The van der Waals surface area contributed by atoms with Crippen molar-refractivity contribution >= 4 is 5.96 Å². The normalized spacial score (nSPS) is 13.7. The first-order valence-corrected chi connectivity index (χ1v) is 9.15. The number of benzene rings is 1. The minimum Gasteiger partial charge on any atom is -0.354 e. The van der Waals surface area contributed by atoms with Crippen molar-refractivity contribution in [1.82, 2.24) is 20.5 Å². The van der Waals surface area contributed by atoms with Gasteiger partial charge in [-0.15, -0.1) is 4.99 Å². The average molecular weight is 364 g/mol. The number of nitriles is 1. The van der Waals surface area contributed by atoms with Crippen molar-refractivity contribution in [2.24, 2.45) is 4.99 Å². The van der Waals surface area contributed by atoms with Crippen molar-refractivity contribution in [3.8, 4) is 6.19 Å². The zero-order valence-electron chi connectivity index (χ0n) is 16.3. The molecule has 1 heterocycles. The molecule has 2 N–H and O–H groups in total. The number of hydrogen-bond donors (Lipinski definition) is 2. The third kappa shape index (κ3) is 7.47. The Morgan fingerprint density at radius 1 is 1.15 bits per heavy atom. The Labute approximate surface area is 162 Å². The van der Waals surface area contributed by atoms with Gasteiger partial charge in [-0.1, -0.05) is 36.4 Å². The predicted molar refractivity (Wildman–Crippen MR) is 109 cm³/mol. The van der Waals surface area contributed by atoms with E-state index >= 15 is 0 Å². The zero-order chi connectivity index (χ0) is 19.5. The van der Waals surface area contributed by atoms with Crippen molar-refractivity contribution in [1.29, 1.82) is 5.26 Å². The maximum absolute atomic E-state index is 9.01. The molecule has 0 fully saturated rings. The third-order valence-corrected chi connectivity index (χ3v) is 4.36. The first-order chi connectivity index (χ1) is 13.1. The number of aliphatic imine (C=N–C) groups is 1. The molecule has 6 nitrogen and oxygen atoms in total. The van der Waals surface area contributed by atoms with Gasteiger partial charge in [-0.2, -0.15) is 5.26 Å². The summed E-state index contributed by atoms with van der Waals surface area (Å²) in [5.41, 5.74) is 2.43. The topological polar surface area (TPSA) is 76.3 Å². The molecule has 0 bridgehead atoms. The van der Waals surface area contributed by atoms with Gasteiger partial charge < -0.3 is 15.5 Å². The van der Waals surface area contributed by atoms with Gasteiger partial charge in [0.2, 0.25) is 12.2 Å². The number of hydrogen-bond acceptors (Lipinski definition) is 4. The van der Waals surface area contributed by atoms with Crippen LogP contribution in [0.5, 0.6) is 0 Å². The van der Waals surface area contributed by atoms with Crippen LogP contribution >= 0.6 is 0 Å². The van der Waals surface area contributed by atoms with Crippen LogP contribution in [0, 0.1) is 11.5 Å². The summed E-state index contributed by atoms with van der Waals surface area (Å²) in [6.07, 6.45) is 7.23. The van der Waals surface area contributed by atoms with Crippen LogP contribution in [0.1, 0.15) is 18.1 Å². The highest BCUT2D eigenvalue weighted by molar-refractivity contribution is 5.81. The number of aromatic nitrogens is 1. The molecular weight excluding hydrogens is 336 g/mol. The first-order valence-electron chi connectivity index (χ1n) is 9.15. The summed E-state index contributed by atoms with van der Waals surface area (Å²) >= 11 is 0. The molecular formula is C21H28N6. The fraction of sp³-hybridized carbons (Fsp3) is 0.381. The van der Waals surface area contributed by atoms with Crippen LogP contribution in [0.4, 0.5) is 0 Å². The van der Waals surface area contributed by atoms with Crippen LogP contribution in [-0.4, -0.2) is 48.6 Å². The Morgan fingerprint density at radius 3 is 2.52 bits per heavy atom. The van der Waals surface area contributed by atoms with Gasteiger partial charge >= 0.3 is 0 Å². The van der Waals surface area contributed by atoms with Crippen LogP contribution in [0.25, 0.3) is 0 Å². The fourth-order valence-electron chi connectivity index (χ4n) is 2.87. The van der Waals surface area contributed by atoms with Gasteiger partial charge in [0.25, 0.3) is 0 Å². The Bertz CT molecular complexity index is 736. The van der Waals surface area contributed by atoms with Crippen LogP contribution in [0.2, 0.25) is 0 Å². The standard InChI is InChI=1S/C21H28N6/c1-17(12-19-10-7-11-23-14-19)26-21(25-16-22)24-15-20(27(2)3)13-18-8-5-4-6-9-18/h4-11,14,17,20H,12-13,15H2,1-3H3,(H2,24,25,26)/t17?,20-/m0/s1. The molecule has 0 amide bonds. The molecule has 0 spiro atoms. The lowest BCUT2D eigenvalue weighted by Gasteiger charge is -2.26. The van der Waals surface area contributed by atoms with E-state index in [1.165, 1.54) is 5.56 Å². The molecule has 0 radical (unpaired) electrons. The minimum atomic E-state index is 0.126. The van der Waals surface area contributed by atoms with Gasteiger partial charge in [0.05, 0.1) is 0 Å². The van der Waals surface area contributed by atoms with E-state index in [1.54, 1.807) is 6.20 Å². The predicted octanol–water partition coefficient (Wildman–Crippen LogP) is 2.20. The molecule has 2 aromatic rings. The molecule has 2 rings (SSSR count). The van der Waals surface area contributed by atoms with E-state index in [-0.39, 0.29) is 12.1 Å². The molecule has 1 aromatic heterocycles. The number of rotatable bonds is 8. The summed E-state index contributed by atoms with van der Waals surface area (Å²) in [6.45, 7) is 2.75. The Balaban J connectivity index is 1.92. The monoisotopic (exact) mass is 364 g/mol. The van der Waals surface area contributed by atoms with E-state index in [4.69, 9.17) is 5.26 Å². The molecule has 6 heteroatoms. The summed E-state index contributed by atoms with van der Waals surface area (Å²) in [4.78, 5) is 10.2. The van der Waals surface area contributed by atoms with Crippen molar-refractivity contribution in [3.05, 3.63) is 66.0 Å². The highest BCUT2D eigenvalue weighted by Gasteiger charge is 2.14. The zero-order valence-corrected chi connectivity index (χ0v) is 16.3. The maximum atomic E-state index is 9.01. The second-order valence-electron chi connectivity index (χ2n) is 6.86. The SMILES string of the molecule is CC(Cc1cccnc1)N/C(=N\C#N)NC[C@H](Cc1ccccc1)N(C)C. The Hall–Kier alpha value is -2.91. The van der Waals surface area contributed by atoms with Gasteiger partial charge in [-0.25, -0.2) is 0 Å². The van der Waals surface area contributed by atoms with Gasteiger partial charge in [0.15, 0.2) is 0 Å². The van der Waals surface area contributed by atoms with Gasteiger partial charge in [-0.05, 0) is 51.1 Å². The smallest absolute Gasteiger partial charge is 0.209 e. The molecule has 0 saturated heterocycles. The van der Waals surface area contributed by atoms with Crippen molar-refractivity contribution < 1.29 is 0 Å². The first kappa shape index (κ1) is 20.4. The van der Waals surface area contributed by atoms with E-state index in [0.717, 1.165) is 18.4 Å². The summed E-state index contributed by atoms with van der Waals surface area (Å²) in [5, 5.41) is 15.6. The Kier molecular flexibility index (Phi) is 8.27. The van der Waals surface area contributed by atoms with Crippen molar-refractivity contribution in [2.45, 2.75) is 31.8 Å². The molecule has 2 atom stereocenters. The van der Waals surface area contributed by atoms with E-state index in [9.17, 15) is 0 Å². The summed E-state index contributed by atoms with van der Waals surface area (Å²) in [7, 11) is 4.13. The second kappa shape index (κ2) is 10.9. The summed E-state index contributed by atoms with van der Waals surface area (Å²) in [6, 6.07) is 14.8. The van der Waals surface area contributed by atoms with Crippen molar-refractivity contribution in [3.63, 3.8) is 0 Å². The average Bonchev–Trinajstić information content (AvgIpc) is 2.66. The fourth-order valence-corrected chi connectivity index (χ4v) is 2.87. The summed E-state index contributed by atoms with van der Waals surface area (Å²) in [5.74, 6) is 0.508. The second-order valence-corrected chi connectivity index (χ2v) is 6.86. The highest BCUT2D eigenvalue weighted by Crippen LogP contribution is 2.06. The Morgan fingerprint density at radius 2 is 1.89 bits per heavy atom. The van der Waals surface area contributed by atoms with Gasteiger partial charge in [0.1, 0.15) is 0 Å². The molecule has 1 aromatic carbocycles. The molecule has 1 unspecified atom stereocenters. The number of pyridine rings is 1. The quantitative estimate of drug-likeness (QED) is 0.427. The molecule has 0 aliphatic carbocycles. The minimum absolute atomic E-state index is 0.126. The molecule has 0 aliphatic heterocycles. The molecule has 142 valence electrons. The lowest BCUT2D eigenvalue weighted by molar-refractivity contribution is 0.290. The number of nitrogens with zero attached hydrogens (tertiary/aromatic N) is 4. The number of nitrogens with one attached hydrogen (secondary N) is 2. The molecule has 0 saturated carbocycles. The number of guanidine groups is 1. The van der Waals surface area contributed by atoms with E-state index in [0.29, 0.717) is 12.5 Å². The van der Waals surface area contributed by atoms with Crippen LogP contribution in [-0.2, 0) is 12.8 Å². The lowest BCUT2D eigenvalue weighted by Crippen LogP contribution is -2.48. The van der Waals surface area contributed by atoms with Crippen LogP contribution in [0.3, 0.4) is 0 Å².